The average Bonchev–Trinajstić information content (AvgIpc) is 2.38. The third-order valence-electron chi connectivity index (χ3n) is 3.77. The number of carbonyl (C=O) groups excluding carboxylic acids is 2. The number of amides is 2. The smallest absolute Gasteiger partial charge is 0.230 e. The summed E-state index contributed by atoms with van der Waals surface area (Å²) in [5.41, 5.74) is -0.0831. The molecule has 0 spiro atoms. The highest BCUT2D eigenvalue weighted by Gasteiger charge is 2.39. The molecule has 0 radical (unpaired) electrons. The van der Waals surface area contributed by atoms with Gasteiger partial charge in [0.15, 0.2) is 0 Å². The van der Waals surface area contributed by atoms with E-state index < -0.39 is 10.8 Å². The lowest BCUT2D eigenvalue weighted by atomic mass is 9.73. The van der Waals surface area contributed by atoms with Gasteiger partial charge in [0.05, 0.1) is 11.9 Å². The van der Waals surface area contributed by atoms with Crippen LogP contribution in [-0.4, -0.2) is 22.3 Å². The van der Waals surface area contributed by atoms with E-state index in [1.807, 2.05) is 67.5 Å². The zero-order valence-corrected chi connectivity index (χ0v) is 16.2. The molecule has 0 unspecified atom stereocenters. The van der Waals surface area contributed by atoms with Crippen molar-refractivity contribution in [3.63, 3.8) is 0 Å². The lowest BCUT2D eigenvalue weighted by Gasteiger charge is -2.35. The maximum atomic E-state index is 12.6. The number of carbonyl (C=O) groups is 2. The zero-order valence-electron chi connectivity index (χ0n) is 16.2. The fraction of sp³-hybridized carbons (Fsp3) is 0.632. The predicted octanol–water partition coefficient (Wildman–Crippen LogP) is 3.69. The van der Waals surface area contributed by atoms with Gasteiger partial charge in [-0.1, -0.05) is 27.7 Å². The number of nitrogens with one attached hydrogen (secondary N) is 2. The van der Waals surface area contributed by atoms with E-state index in [1.165, 1.54) is 0 Å². The molecule has 2 N–H and O–H groups in total. The molecule has 134 valence electrons. The summed E-state index contributed by atoms with van der Waals surface area (Å²) in [6.07, 6.45) is 2.08. The van der Waals surface area contributed by atoms with Gasteiger partial charge >= 0.3 is 0 Å². The van der Waals surface area contributed by atoms with E-state index in [0.29, 0.717) is 12.1 Å². The molecule has 0 aliphatic heterocycles. The molecule has 0 aliphatic rings. The van der Waals surface area contributed by atoms with Crippen molar-refractivity contribution < 1.29 is 9.59 Å². The molecule has 0 fully saturated rings. The summed E-state index contributed by atoms with van der Waals surface area (Å²) in [6, 6.07) is 3.68. The molecule has 5 heteroatoms. The quantitative estimate of drug-likeness (QED) is 0.863. The summed E-state index contributed by atoms with van der Waals surface area (Å²) >= 11 is 0. The number of pyridine rings is 1. The first-order valence-corrected chi connectivity index (χ1v) is 8.30. The third-order valence-corrected chi connectivity index (χ3v) is 3.77. The Kier molecular flexibility index (Phi) is 5.80. The Hall–Kier alpha value is -1.91. The summed E-state index contributed by atoms with van der Waals surface area (Å²) in [4.78, 5) is 29.3. The molecule has 1 heterocycles. The Morgan fingerprint density at radius 1 is 0.958 bits per heavy atom. The van der Waals surface area contributed by atoms with Gasteiger partial charge < -0.3 is 10.6 Å². The highest BCUT2D eigenvalue weighted by molar-refractivity contribution is 5.95. The maximum Gasteiger partial charge on any atom is 0.230 e. The molecule has 0 saturated carbocycles. The zero-order chi connectivity index (χ0) is 18.8. The van der Waals surface area contributed by atoms with E-state index in [-0.39, 0.29) is 17.4 Å². The van der Waals surface area contributed by atoms with Gasteiger partial charge in [-0.15, -0.1) is 0 Å². The molecule has 5 nitrogen and oxygen atoms in total. The standard InChI is InChI=1S/C19H31N3O2/c1-13-9-10-14(11-20-13)21-15(23)18(5,6)12-19(7,8)16(24)22-17(2,3)4/h9-11H,12H2,1-8H3,(H,21,23)(H,22,24). The Bertz CT molecular complexity index is 596. The minimum absolute atomic E-state index is 0.0483. The molecule has 0 aliphatic carbocycles. The topological polar surface area (TPSA) is 71.1 Å². The SMILES string of the molecule is Cc1ccc(NC(=O)C(C)(C)CC(C)(C)C(=O)NC(C)(C)C)cn1. The lowest BCUT2D eigenvalue weighted by molar-refractivity contribution is -0.134. The van der Waals surface area contributed by atoms with Crippen LogP contribution in [0.4, 0.5) is 5.69 Å². The van der Waals surface area contributed by atoms with Gasteiger partial charge in [0.1, 0.15) is 0 Å². The molecule has 1 aromatic heterocycles. The van der Waals surface area contributed by atoms with E-state index in [2.05, 4.69) is 15.6 Å². The summed E-state index contributed by atoms with van der Waals surface area (Å²) in [5, 5.41) is 5.88. The molecule has 0 atom stereocenters. The van der Waals surface area contributed by atoms with E-state index in [9.17, 15) is 9.59 Å². The summed E-state index contributed by atoms with van der Waals surface area (Å²) < 4.78 is 0. The monoisotopic (exact) mass is 333 g/mol. The molecule has 0 aromatic carbocycles. The molecule has 0 bridgehead atoms. The van der Waals surface area contributed by atoms with Crippen LogP contribution >= 0.6 is 0 Å². The third kappa shape index (κ3) is 5.95. The molecular formula is C19H31N3O2. The van der Waals surface area contributed by atoms with Crippen LogP contribution in [0.15, 0.2) is 18.3 Å². The molecular weight excluding hydrogens is 302 g/mol. The highest BCUT2D eigenvalue weighted by Crippen LogP contribution is 2.35. The van der Waals surface area contributed by atoms with Crippen LogP contribution in [0.5, 0.6) is 0 Å². The van der Waals surface area contributed by atoms with Crippen LogP contribution in [0, 0.1) is 17.8 Å². The second kappa shape index (κ2) is 6.91. The van der Waals surface area contributed by atoms with Gasteiger partial charge in [-0.25, -0.2) is 0 Å². The fourth-order valence-corrected chi connectivity index (χ4v) is 2.62. The van der Waals surface area contributed by atoms with Crippen LogP contribution in [0.3, 0.4) is 0 Å². The van der Waals surface area contributed by atoms with Gasteiger partial charge in [0, 0.05) is 22.1 Å². The van der Waals surface area contributed by atoms with E-state index in [4.69, 9.17) is 0 Å². The summed E-state index contributed by atoms with van der Waals surface area (Å²) in [7, 11) is 0. The van der Waals surface area contributed by atoms with Crippen molar-refractivity contribution in [3.05, 3.63) is 24.0 Å². The number of anilines is 1. The van der Waals surface area contributed by atoms with Crippen molar-refractivity contribution in [2.75, 3.05) is 5.32 Å². The van der Waals surface area contributed by atoms with Crippen LogP contribution < -0.4 is 10.6 Å². The van der Waals surface area contributed by atoms with Gasteiger partial charge in [-0.2, -0.15) is 0 Å². The molecule has 1 aromatic rings. The molecule has 24 heavy (non-hydrogen) atoms. The highest BCUT2D eigenvalue weighted by atomic mass is 16.2. The number of aromatic nitrogens is 1. The first kappa shape index (κ1) is 20.1. The van der Waals surface area contributed by atoms with Gasteiger partial charge in [-0.05, 0) is 46.2 Å². The van der Waals surface area contributed by atoms with E-state index >= 15 is 0 Å². The average molecular weight is 333 g/mol. The molecule has 2 amide bonds. The largest absolute Gasteiger partial charge is 0.351 e. The van der Waals surface area contributed by atoms with Crippen LogP contribution in [-0.2, 0) is 9.59 Å². The van der Waals surface area contributed by atoms with Crippen molar-refractivity contribution in [1.29, 1.82) is 0 Å². The predicted molar refractivity (Wildman–Crippen MR) is 97.7 cm³/mol. The van der Waals surface area contributed by atoms with Crippen molar-refractivity contribution in [3.8, 4) is 0 Å². The van der Waals surface area contributed by atoms with Gasteiger partial charge in [0.25, 0.3) is 0 Å². The number of nitrogens with zero attached hydrogens (tertiary/aromatic N) is 1. The van der Waals surface area contributed by atoms with Crippen molar-refractivity contribution >= 4 is 17.5 Å². The Morgan fingerprint density at radius 2 is 1.50 bits per heavy atom. The van der Waals surface area contributed by atoms with Crippen LogP contribution in [0.25, 0.3) is 0 Å². The first-order valence-electron chi connectivity index (χ1n) is 8.30. The molecule has 0 saturated heterocycles. The normalized spacial score (nSPS) is 12.7. The number of hydrogen-bond donors (Lipinski definition) is 2. The Morgan fingerprint density at radius 3 is 1.96 bits per heavy atom. The van der Waals surface area contributed by atoms with E-state index in [1.54, 1.807) is 6.20 Å². The number of aryl methyl sites for hydroxylation is 1. The molecule has 1 rings (SSSR count). The van der Waals surface area contributed by atoms with E-state index in [0.717, 1.165) is 5.69 Å². The Balaban J connectivity index is 2.80. The van der Waals surface area contributed by atoms with Crippen LogP contribution in [0.2, 0.25) is 0 Å². The maximum absolute atomic E-state index is 12.6. The minimum Gasteiger partial charge on any atom is -0.351 e. The van der Waals surface area contributed by atoms with Crippen molar-refractivity contribution in [2.45, 2.75) is 67.3 Å². The fourth-order valence-electron chi connectivity index (χ4n) is 2.62. The Labute approximate surface area is 145 Å². The van der Waals surface area contributed by atoms with Crippen molar-refractivity contribution in [1.82, 2.24) is 10.3 Å². The van der Waals surface area contributed by atoms with Gasteiger partial charge in [0.2, 0.25) is 11.8 Å². The minimum atomic E-state index is -0.691. The number of hydrogen-bond acceptors (Lipinski definition) is 3. The lowest BCUT2D eigenvalue weighted by Crippen LogP contribution is -2.49. The van der Waals surface area contributed by atoms with Crippen LogP contribution in [0.1, 0.15) is 60.6 Å². The second-order valence-corrected chi connectivity index (χ2v) is 8.79. The summed E-state index contributed by atoms with van der Waals surface area (Å²) in [5.74, 6) is -0.169. The van der Waals surface area contributed by atoms with Gasteiger partial charge in [-0.3, -0.25) is 14.6 Å². The number of rotatable bonds is 5. The summed E-state index contributed by atoms with van der Waals surface area (Å²) in [6.45, 7) is 15.2. The second-order valence-electron chi connectivity index (χ2n) is 8.79. The van der Waals surface area contributed by atoms with Crippen molar-refractivity contribution in [2.24, 2.45) is 10.8 Å². The first-order chi connectivity index (χ1) is 10.7.